The Labute approximate surface area is 220 Å². The third-order valence-electron chi connectivity index (χ3n) is 6.56. The van der Waals surface area contributed by atoms with E-state index in [4.69, 9.17) is 4.98 Å². The van der Waals surface area contributed by atoms with Crippen molar-refractivity contribution in [3.63, 3.8) is 0 Å². The average molecular weight is 509 g/mol. The monoisotopic (exact) mass is 508 g/mol. The van der Waals surface area contributed by atoms with Crippen LogP contribution in [0.4, 0.5) is 11.4 Å². The number of benzene rings is 2. The molecule has 3 amide bonds. The van der Waals surface area contributed by atoms with E-state index in [1.165, 1.54) is 6.08 Å². The summed E-state index contributed by atoms with van der Waals surface area (Å²) in [4.78, 5) is 47.8. The van der Waals surface area contributed by atoms with E-state index in [1.807, 2.05) is 47.9 Å². The van der Waals surface area contributed by atoms with Crippen LogP contribution in [0.5, 0.6) is 0 Å². The van der Waals surface area contributed by atoms with Gasteiger partial charge in [-0.2, -0.15) is 0 Å². The lowest BCUT2D eigenvalue weighted by atomic mass is 10.1. The summed E-state index contributed by atoms with van der Waals surface area (Å²) < 4.78 is 2.05. The lowest BCUT2D eigenvalue weighted by Crippen LogP contribution is -2.39. The molecule has 2 aromatic carbocycles. The van der Waals surface area contributed by atoms with Gasteiger partial charge in [0.2, 0.25) is 5.91 Å². The highest BCUT2D eigenvalue weighted by Crippen LogP contribution is 2.25. The zero-order valence-corrected chi connectivity index (χ0v) is 21.0. The summed E-state index contributed by atoms with van der Waals surface area (Å²) in [5.41, 5.74) is 4.49. The van der Waals surface area contributed by atoms with E-state index in [0.29, 0.717) is 42.3 Å². The number of H-pyrrole nitrogens is 1. The number of anilines is 2. The Morgan fingerprint density at radius 3 is 2.61 bits per heavy atom. The lowest BCUT2D eigenvalue weighted by molar-refractivity contribution is -0.111. The van der Waals surface area contributed by atoms with Gasteiger partial charge >= 0.3 is 0 Å². The Balaban J connectivity index is 1.45. The highest BCUT2D eigenvalue weighted by atomic mass is 16.2. The van der Waals surface area contributed by atoms with Crippen LogP contribution in [0, 0.1) is 6.92 Å². The number of hydrogen-bond acceptors (Lipinski definition) is 4. The van der Waals surface area contributed by atoms with Gasteiger partial charge in [0.15, 0.2) is 5.69 Å². The van der Waals surface area contributed by atoms with Crippen molar-refractivity contribution in [2.24, 2.45) is 0 Å². The number of aromatic nitrogens is 3. The van der Waals surface area contributed by atoms with E-state index in [2.05, 4.69) is 22.2 Å². The molecule has 1 aliphatic rings. The normalized spacial score (nSPS) is 12.5. The fraction of sp³-hybridized carbons (Fsp3) is 0.172. The Morgan fingerprint density at radius 1 is 1.05 bits per heavy atom. The van der Waals surface area contributed by atoms with Crippen molar-refractivity contribution in [1.29, 1.82) is 0 Å². The molecule has 0 unspecified atom stereocenters. The maximum Gasteiger partial charge on any atom is 0.276 e. The van der Waals surface area contributed by atoms with Gasteiger partial charge in [0.1, 0.15) is 11.5 Å². The summed E-state index contributed by atoms with van der Waals surface area (Å²) in [6.45, 7) is 6.65. The van der Waals surface area contributed by atoms with E-state index >= 15 is 0 Å². The smallest absolute Gasteiger partial charge is 0.276 e. The van der Waals surface area contributed by atoms with Crippen LogP contribution in [0.3, 0.4) is 0 Å². The maximum absolute atomic E-state index is 13.5. The molecule has 3 heterocycles. The first-order valence-corrected chi connectivity index (χ1v) is 12.3. The predicted octanol–water partition coefficient (Wildman–Crippen LogP) is 4.14. The maximum atomic E-state index is 13.5. The molecule has 5 rings (SSSR count). The van der Waals surface area contributed by atoms with Gasteiger partial charge in [0.25, 0.3) is 11.8 Å². The number of carbonyl (C=O) groups excluding carboxylic acids is 3. The van der Waals surface area contributed by atoms with Crippen LogP contribution >= 0.6 is 0 Å². The first-order valence-electron chi connectivity index (χ1n) is 12.3. The number of hydrogen-bond donors (Lipinski definition) is 3. The van der Waals surface area contributed by atoms with Crippen LogP contribution in [0.15, 0.2) is 79.5 Å². The third-order valence-corrected chi connectivity index (χ3v) is 6.56. The minimum Gasteiger partial charge on any atom is -0.357 e. The molecule has 2 aromatic heterocycles. The first-order chi connectivity index (χ1) is 18.4. The topological polar surface area (TPSA) is 112 Å². The average Bonchev–Trinajstić information content (AvgIpc) is 3.59. The molecule has 0 saturated carbocycles. The quantitative estimate of drug-likeness (QED) is 0.326. The third kappa shape index (κ3) is 5.12. The second-order valence-corrected chi connectivity index (χ2v) is 9.13. The highest BCUT2D eigenvalue weighted by Gasteiger charge is 2.30. The molecule has 4 aromatic rings. The van der Waals surface area contributed by atoms with Gasteiger partial charge < -0.3 is 25.1 Å². The first kappa shape index (κ1) is 24.8. The molecule has 9 nitrogen and oxygen atoms in total. The fourth-order valence-electron chi connectivity index (χ4n) is 4.55. The van der Waals surface area contributed by atoms with Crippen molar-refractivity contribution in [1.82, 2.24) is 19.4 Å². The van der Waals surface area contributed by atoms with E-state index in [1.54, 1.807) is 35.4 Å². The number of imidazole rings is 1. The summed E-state index contributed by atoms with van der Waals surface area (Å²) in [5, 5.41) is 5.67. The Hall–Kier alpha value is -4.92. The number of aromatic amines is 1. The number of rotatable bonds is 7. The molecule has 3 N–H and O–H groups in total. The molecule has 0 fully saturated rings. The van der Waals surface area contributed by atoms with E-state index in [0.717, 1.165) is 17.0 Å². The van der Waals surface area contributed by atoms with Crippen LogP contribution in [-0.4, -0.2) is 43.7 Å². The van der Waals surface area contributed by atoms with Gasteiger partial charge in [-0.3, -0.25) is 14.4 Å². The number of nitrogens with zero attached hydrogens (tertiary/aromatic N) is 3. The van der Waals surface area contributed by atoms with Crippen LogP contribution in [0.1, 0.15) is 43.6 Å². The van der Waals surface area contributed by atoms with Crippen molar-refractivity contribution < 1.29 is 14.4 Å². The summed E-state index contributed by atoms with van der Waals surface area (Å²) >= 11 is 0. The number of amides is 3. The van der Waals surface area contributed by atoms with Crippen LogP contribution in [-0.2, 0) is 24.3 Å². The van der Waals surface area contributed by atoms with Crippen LogP contribution in [0.2, 0.25) is 0 Å². The number of aryl methyl sites for hydroxylation is 1. The molecule has 0 bridgehead atoms. The summed E-state index contributed by atoms with van der Waals surface area (Å²) in [5.74, 6) is -0.0741. The molecular weight excluding hydrogens is 480 g/mol. The van der Waals surface area contributed by atoms with Crippen molar-refractivity contribution in [2.75, 3.05) is 17.2 Å². The standard InChI is InChI=1S/C29H28N6O3/c1-3-26(36)32-23-17-21(12-11-19(23)2)31-28(37)27-24-18-34(29(38)22-10-7-13-30-22)14-15-35(24)25(33-27)16-20-8-5-4-6-9-20/h3-13,17,30H,1,14-16,18H2,2H3,(H,31,37)(H,32,36). The van der Waals surface area contributed by atoms with Crippen LogP contribution in [0.25, 0.3) is 0 Å². The predicted molar refractivity (Wildman–Crippen MR) is 145 cm³/mol. The van der Waals surface area contributed by atoms with Gasteiger partial charge in [0.05, 0.1) is 12.2 Å². The Morgan fingerprint density at radius 2 is 1.87 bits per heavy atom. The minimum absolute atomic E-state index is 0.125. The van der Waals surface area contributed by atoms with Crippen molar-refractivity contribution in [3.05, 3.63) is 114 Å². The second kappa shape index (κ2) is 10.6. The second-order valence-electron chi connectivity index (χ2n) is 9.13. The molecule has 0 spiro atoms. The van der Waals surface area contributed by atoms with Gasteiger partial charge in [0, 0.05) is 37.1 Å². The zero-order chi connectivity index (χ0) is 26.6. The number of fused-ring (bicyclic) bond motifs is 1. The van der Waals surface area contributed by atoms with Gasteiger partial charge in [-0.25, -0.2) is 4.98 Å². The lowest BCUT2D eigenvalue weighted by Gasteiger charge is -2.29. The molecule has 38 heavy (non-hydrogen) atoms. The van der Waals surface area contributed by atoms with Crippen molar-refractivity contribution in [2.45, 2.75) is 26.4 Å². The van der Waals surface area contributed by atoms with Gasteiger partial charge in [-0.05, 0) is 48.4 Å². The molecule has 192 valence electrons. The number of carbonyl (C=O) groups is 3. The highest BCUT2D eigenvalue weighted by molar-refractivity contribution is 6.05. The Bertz CT molecular complexity index is 1500. The molecule has 0 atom stereocenters. The van der Waals surface area contributed by atoms with Gasteiger partial charge in [-0.1, -0.05) is 43.0 Å². The van der Waals surface area contributed by atoms with Crippen LogP contribution < -0.4 is 10.6 Å². The molecule has 0 radical (unpaired) electrons. The summed E-state index contributed by atoms with van der Waals surface area (Å²) in [6.07, 6.45) is 3.47. The molecular formula is C29H28N6O3. The molecule has 0 saturated heterocycles. The van der Waals surface area contributed by atoms with Crippen molar-refractivity contribution >= 4 is 29.1 Å². The van der Waals surface area contributed by atoms with Crippen molar-refractivity contribution in [3.8, 4) is 0 Å². The molecule has 1 aliphatic heterocycles. The fourth-order valence-corrected chi connectivity index (χ4v) is 4.55. The van der Waals surface area contributed by atoms with E-state index < -0.39 is 0 Å². The zero-order valence-electron chi connectivity index (χ0n) is 21.0. The molecule has 9 heteroatoms. The summed E-state index contributed by atoms with van der Waals surface area (Å²) in [7, 11) is 0. The van der Waals surface area contributed by atoms with Gasteiger partial charge in [-0.15, -0.1) is 0 Å². The van der Waals surface area contributed by atoms with E-state index in [9.17, 15) is 14.4 Å². The largest absolute Gasteiger partial charge is 0.357 e. The minimum atomic E-state index is -0.382. The summed E-state index contributed by atoms with van der Waals surface area (Å²) in [6, 6.07) is 18.8. The SMILES string of the molecule is C=CC(=O)Nc1cc(NC(=O)c2nc(Cc3ccccc3)n3c2CN(C(=O)c2ccc[nH]2)CC3)ccc1C. The van der Waals surface area contributed by atoms with E-state index in [-0.39, 0.29) is 30.0 Å². The Kier molecular flexibility index (Phi) is 6.90. The number of nitrogens with one attached hydrogen (secondary N) is 3. The molecule has 0 aliphatic carbocycles.